The lowest BCUT2D eigenvalue weighted by molar-refractivity contribution is -0.274. The molecule has 1 saturated heterocycles. The van der Waals surface area contributed by atoms with Gasteiger partial charge in [-0.05, 0) is 55.5 Å². The topological polar surface area (TPSA) is 83.5 Å². The van der Waals surface area contributed by atoms with Gasteiger partial charge < -0.3 is 19.9 Å². The molecule has 0 atom stereocenters. The molecule has 0 saturated carbocycles. The van der Waals surface area contributed by atoms with Gasteiger partial charge in [0.25, 0.3) is 5.91 Å². The van der Waals surface area contributed by atoms with Crippen LogP contribution in [0.5, 0.6) is 5.75 Å². The van der Waals surface area contributed by atoms with Gasteiger partial charge in [-0.1, -0.05) is 6.07 Å². The number of nitrogens with zero attached hydrogens (tertiary/aromatic N) is 5. The fraction of sp³-hybridized carbons (Fsp3) is 0.273. The molecule has 172 valence electrons. The summed E-state index contributed by atoms with van der Waals surface area (Å²) in [6.45, 7) is 3.93. The molecule has 1 aliphatic heterocycles. The van der Waals surface area contributed by atoms with Gasteiger partial charge in [0.1, 0.15) is 11.6 Å². The fourth-order valence-corrected chi connectivity index (χ4v) is 3.42. The summed E-state index contributed by atoms with van der Waals surface area (Å²) in [4.78, 5) is 20.7. The van der Waals surface area contributed by atoms with Crippen molar-refractivity contribution in [2.24, 2.45) is 0 Å². The molecular formula is C22H21F3N6O2. The highest BCUT2D eigenvalue weighted by molar-refractivity contribution is 5.94. The second-order valence-corrected chi connectivity index (χ2v) is 7.42. The van der Waals surface area contributed by atoms with E-state index >= 15 is 0 Å². The Hall–Kier alpha value is -3.89. The van der Waals surface area contributed by atoms with Crippen LogP contribution in [0.3, 0.4) is 0 Å². The van der Waals surface area contributed by atoms with Gasteiger partial charge in [-0.15, -0.1) is 23.4 Å². The number of pyridine rings is 1. The molecule has 4 rings (SSSR count). The Balaban J connectivity index is 1.31. The van der Waals surface area contributed by atoms with Crippen LogP contribution < -0.4 is 15.0 Å². The van der Waals surface area contributed by atoms with Crippen LogP contribution in [0.1, 0.15) is 16.1 Å². The van der Waals surface area contributed by atoms with Crippen LogP contribution in [0.4, 0.5) is 30.6 Å². The van der Waals surface area contributed by atoms with Crippen molar-refractivity contribution in [2.75, 3.05) is 36.4 Å². The van der Waals surface area contributed by atoms with Crippen LogP contribution in [0.15, 0.2) is 54.6 Å². The molecular weight excluding hydrogens is 437 g/mol. The number of alkyl halides is 3. The molecule has 11 heteroatoms. The molecule has 0 spiro atoms. The average Bonchev–Trinajstić information content (AvgIpc) is 2.79. The van der Waals surface area contributed by atoms with Gasteiger partial charge in [0, 0.05) is 37.4 Å². The number of ether oxygens (including phenoxy) is 1. The lowest BCUT2D eigenvalue weighted by Gasteiger charge is -2.35. The number of aromatic nitrogens is 3. The number of aryl methyl sites for hydroxylation is 1. The number of hydrogen-bond acceptors (Lipinski definition) is 7. The third-order valence-corrected chi connectivity index (χ3v) is 5.02. The number of carbonyl (C=O) groups excluding carboxylic acids is 1. The van der Waals surface area contributed by atoms with Gasteiger partial charge in [0.05, 0.1) is 0 Å². The zero-order valence-electron chi connectivity index (χ0n) is 17.7. The van der Waals surface area contributed by atoms with Gasteiger partial charge in [-0.2, -0.15) is 0 Å². The number of nitrogens with one attached hydrogen (secondary N) is 1. The number of rotatable bonds is 5. The van der Waals surface area contributed by atoms with E-state index in [1.807, 2.05) is 42.2 Å². The van der Waals surface area contributed by atoms with Crippen LogP contribution in [0.2, 0.25) is 0 Å². The van der Waals surface area contributed by atoms with E-state index in [4.69, 9.17) is 0 Å². The predicted molar refractivity (Wildman–Crippen MR) is 116 cm³/mol. The molecule has 8 nitrogen and oxygen atoms in total. The number of hydrogen-bond donors (Lipinski definition) is 1. The predicted octanol–water partition coefficient (Wildman–Crippen LogP) is 3.78. The summed E-state index contributed by atoms with van der Waals surface area (Å²) in [5.74, 6) is 1.34. The third kappa shape index (κ3) is 5.88. The molecule has 1 fully saturated rings. The highest BCUT2D eigenvalue weighted by Gasteiger charge is 2.31. The molecule has 2 aromatic heterocycles. The van der Waals surface area contributed by atoms with Crippen LogP contribution in [0.25, 0.3) is 0 Å². The Morgan fingerprint density at radius 1 is 0.939 bits per heavy atom. The Bertz CT molecular complexity index is 1100. The zero-order valence-corrected chi connectivity index (χ0v) is 17.7. The fourth-order valence-electron chi connectivity index (χ4n) is 3.42. The maximum atomic E-state index is 12.7. The van der Waals surface area contributed by atoms with Crippen molar-refractivity contribution in [3.05, 3.63) is 65.9 Å². The number of benzene rings is 1. The van der Waals surface area contributed by atoms with E-state index in [1.54, 1.807) is 4.90 Å². The van der Waals surface area contributed by atoms with Gasteiger partial charge in [0.2, 0.25) is 0 Å². The Kier molecular flexibility index (Phi) is 6.29. The Morgan fingerprint density at radius 3 is 2.27 bits per heavy atom. The van der Waals surface area contributed by atoms with Gasteiger partial charge in [-0.3, -0.25) is 4.79 Å². The molecule has 1 amide bonds. The van der Waals surface area contributed by atoms with E-state index in [-0.39, 0.29) is 11.7 Å². The third-order valence-electron chi connectivity index (χ3n) is 5.02. The summed E-state index contributed by atoms with van der Waals surface area (Å²) in [5.41, 5.74) is 1.19. The minimum Gasteiger partial charge on any atom is -0.406 e. The zero-order chi connectivity index (χ0) is 23.4. The minimum atomic E-state index is -4.77. The molecule has 0 aliphatic carbocycles. The van der Waals surface area contributed by atoms with E-state index < -0.39 is 6.36 Å². The first kappa shape index (κ1) is 22.3. The summed E-state index contributed by atoms with van der Waals surface area (Å²) >= 11 is 0. The lowest BCUT2D eigenvalue weighted by Crippen LogP contribution is -2.49. The normalized spacial score (nSPS) is 14.2. The molecule has 1 N–H and O–H groups in total. The van der Waals surface area contributed by atoms with E-state index in [2.05, 4.69) is 25.2 Å². The second kappa shape index (κ2) is 9.31. The molecule has 0 unspecified atom stereocenters. The van der Waals surface area contributed by atoms with Crippen molar-refractivity contribution in [2.45, 2.75) is 13.3 Å². The number of anilines is 3. The van der Waals surface area contributed by atoms with E-state index in [0.29, 0.717) is 49.2 Å². The smallest absolute Gasteiger partial charge is 0.406 e. The molecule has 3 aromatic rings. The van der Waals surface area contributed by atoms with E-state index in [0.717, 1.165) is 17.8 Å². The Labute approximate surface area is 188 Å². The summed E-state index contributed by atoms with van der Waals surface area (Å²) in [7, 11) is 0. The highest BCUT2D eigenvalue weighted by atomic mass is 19.4. The maximum absolute atomic E-state index is 12.7. The van der Waals surface area contributed by atoms with Crippen molar-refractivity contribution in [3.8, 4) is 5.75 Å². The molecule has 1 aliphatic rings. The largest absolute Gasteiger partial charge is 0.573 e. The first-order valence-corrected chi connectivity index (χ1v) is 10.2. The van der Waals surface area contributed by atoms with Crippen molar-refractivity contribution in [1.82, 2.24) is 20.1 Å². The summed E-state index contributed by atoms with van der Waals surface area (Å²) in [5, 5.41) is 11.6. The first-order chi connectivity index (χ1) is 15.8. The van der Waals surface area contributed by atoms with Crippen LogP contribution in [0, 0.1) is 6.92 Å². The quantitative estimate of drug-likeness (QED) is 0.623. The van der Waals surface area contributed by atoms with E-state index in [1.165, 1.54) is 12.1 Å². The van der Waals surface area contributed by atoms with Crippen molar-refractivity contribution in [1.29, 1.82) is 0 Å². The monoisotopic (exact) mass is 458 g/mol. The minimum absolute atomic E-state index is 0.246. The molecule has 0 radical (unpaired) electrons. The lowest BCUT2D eigenvalue weighted by atomic mass is 10.1. The maximum Gasteiger partial charge on any atom is 0.573 e. The summed E-state index contributed by atoms with van der Waals surface area (Å²) in [6.07, 6.45) is -4.77. The van der Waals surface area contributed by atoms with Gasteiger partial charge >= 0.3 is 6.36 Å². The van der Waals surface area contributed by atoms with Crippen LogP contribution >= 0.6 is 0 Å². The molecule has 33 heavy (non-hydrogen) atoms. The SMILES string of the molecule is Cc1cccc(Nc2ccc(N3CCN(C(=O)c4ccc(OC(F)(F)F)cc4)CC3)nn2)n1. The van der Waals surface area contributed by atoms with Gasteiger partial charge in [0.15, 0.2) is 11.6 Å². The summed E-state index contributed by atoms with van der Waals surface area (Å²) in [6, 6.07) is 14.2. The molecule has 3 heterocycles. The van der Waals surface area contributed by atoms with Crippen LogP contribution in [-0.4, -0.2) is 58.5 Å². The number of amides is 1. The number of piperazine rings is 1. The molecule has 1 aromatic carbocycles. The second-order valence-electron chi connectivity index (χ2n) is 7.42. The average molecular weight is 458 g/mol. The molecule has 0 bridgehead atoms. The van der Waals surface area contributed by atoms with Crippen molar-refractivity contribution in [3.63, 3.8) is 0 Å². The van der Waals surface area contributed by atoms with E-state index in [9.17, 15) is 18.0 Å². The number of carbonyl (C=O) groups is 1. The van der Waals surface area contributed by atoms with Crippen molar-refractivity contribution >= 4 is 23.4 Å². The summed E-state index contributed by atoms with van der Waals surface area (Å²) < 4.78 is 40.7. The standard InChI is InChI=1S/C22H21F3N6O2/c1-15-3-2-4-18(26-15)27-19-9-10-20(29-28-19)30-11-13-31(14-12-30)21(32)16-5-7-17(8-6-16)33-22(23,24)25/h2-10H,11-14H2,1H3,(H,26,27,28). The highest BCUT2D eigenvalue weighted by Crippen LogP contribution is 2.23. The van der Waals surface area contributed by atoms with Crippen molar-refractivity contribution < 1.29 is 22.7 Å². The van der Waals surface area contributed by atoms with Crippen LogP contribution in [-0.2, 0) is 0 Å². The first-order valence-electron chi connectivity index (χ1n) is 10.2. The number of halogens is 3. The van der Waals surface area contributed by atoms with Gasteiger partial charge in [-0.25, -0.2) is 4.98 Å². The Morgan fingerprint density at radius 2 is 1.67 bits per heavy atom.